The summed E-state index contributed by atoms with van der Waals surface area (Å²) in [5.41, 5.74) is 1.66. The van der Waals surface area contributed by atoms with Gasteiger partial charge < -0.3 is 5.32 Å². The molecule has 148 valence electrons. The second-order valence-electron chi connectivity index (χ2n) is 6.58. The van der Waals surface area contributed by atoms with E-state index in [-0.39, 0.29) is 17.4 Å². The minimum atomic E-state index is -3.96. The highest BCUT2D eigenvalue weighted by atomic mass is 35.5. The van der Waals surface area contributed by atoms with Gasteiger partial charge in [0, 0.05) is 11.6 Å². The molecule has 10 heteroatoms. The number of sulfonamides is 1. The molecule has 0 saturated carbocycles. The first-order valence-corrected chi connectivity index (χ1v) is 11.1. The molecule has 0 aliphatic rings. The van der Waals surface area contributed by atoms with Gasteiger partial charge in [-0.25, -0.2) is 8.42 Å². The second kappa shape index (κ2) is 8.52. The fourth-order valence-electron chi connectivity index (χ4n) is 2.62. The van der Waals surface area contributed by atoms with E-state index < -0.39 is 22.0 Å². The summed E-state index contributed by atoms with van der Waals surface area (Å²) in [7, 11) is -3.96. The number of nitrogens with zero attached hydrogens (tertiary/aromatic N) is 2. The van der Waals surface area contributed by atoms with Gasteiger partial charge in [-0.15, -0.1) is 0 Å². The molecule has 3 aromatic rings. The Morgan fingerprint density at radius 2 is 1.86 bits per heavy atom. The van der Waals surface area contributed by atoms with E-state index in [1.165, 1.54) is 6.07 Å². The number of carbonyl (C=O) groups excluding carboxylic acids is 1. The van der Waals surface area contributed by atoms with Crippen LogP contribution in [-0.2, 0) is 21.4 Å². The van der Waals surface area contributed by atoms with Crippen LogP contribution in [0, 0.1) is 5.92 Å². The third-order valence-corrected chi connectivity index (χ3v) is 6.42. The molecule has 1 aromatic heterocycles. The lowest BCUT2D eigenvalue weighted by Gasteiger charge is -2.21. The number of rotatable bonds is 7. The molecule has 7 nitrogen and oxygen atoms in total. The number of nitrogens with one attached hydrogen (secondary N) is 2. The monoisotopic (exact) mass is 438 g/mol. The molecule has 2 N–H and O–H groups in total. The summed E-state index contributed by atoms with van der Waals surface area (Å²) >= 11 is 6.80. The van der Waals surface area contributed by atoms with Gasteiger partial charge in [-0.1, -0.05) is 43.6 Å². The van der Waals surface area contributed by atoms with Crippen molar-refractivity contribution >= 4 is 50.3 Å². The zero-order chi connectivity index (χ0) is 20.3. The Balaban J connectivity index is 1.77. The van der Waals surface area contributed by atoms with Gasteiger partial charge in [0.25, 0.3) is 0 Å². The first-order valence-electron chi connectivity index (χ1n) is 8.53. The average molecular weight is 439 g/mol. The highest BCUT2D eigenvalue weighted by molar-refractivity contribution is 7.89. The van der Waals surface area contributed by atoms with Crippen LogP contribution in [0.25, 0.3) is 11.0 Å². The zero-order valence-corrected chi connectivity index (χ0v) is 17.6. The lowest BCUT2D eigenvalue weighted by atomic mass is 10.0. The van der Waals surface area contributed by atoms with E-state index in [0.29, 0.717) is 16.1 Å². The van der Waals surface area contributed by atoms with Crippen LogP contribution in [0.1, 0.15) is 19.4 Å². The van der Waals surface area contributed by atoms with Crippen molar-refractivity contribution in [3.05, 3.63) is 53.1 Å². The number of aromatic nitrogens is 2. The second-order valence-corrected chi connectivity index (χ2v) is 9.22. The summed E-state index contributed by atoms with van der Waals surface area (Å²) in [5.74, 6) is -0.662. The van der Waals surface area contributed by atoms with Gasteiger partial charge in [-0.05, 0) is 35.7 Å². The van der Waals surface area contributed by atoms with Crippen LogP contribution in [0.15, 0.2) is 47.4 Å². The molecular formula is C18H19ClN4O3S2. The molecule has 0 spiro atoms. The molecule has 0 bridgehead atoms. The Labute approximate surface area is 172 Å². The van der Waals surface area contributed by atoms with E-state index in [1.54, 1.807) is 50.2 Å². The Hall–Kier alpha value is -2.07. The van der Waals surface area contributed by atoms with E-state index >= 15 is 0 Å². The zero-order valence-electron chi connectivity index (χ0n) is 15.2. The summed E-state index contributed by atoms with van der Waals surface area (Å²) in [5, 5.41) is 3.38. The standard InChI is InChI=1S/C18H19ClN4O3S2/c1-11(2)16(18(24)20-10-12-6-8-13(19)9-7-12)23-28(25,26)15-5-3-4-14-17(15)22-27-21-14/h3-9,11,16,23H,10H2,1-2H3,(H,20,24)/t16-/m0/s1. The summed E-state index contributed by atoms with van der Waals surface area (Å²) in [4.78, 5) is 12.7. The van der Waals surface area contributed by atoms with E-state index in [9.17, 15) is 13.2 Å². The molecule has 0 unspecified atom stereocenters. The number of benzene rings is 2. The van der Waals surface area contributed by atoms with Crippen molar-refractivity contribution in [1.29, 1.82) is 0 Å². The van der Waals surface area contributed by atoms with Crippen molar-refractivity contribution in [2.75, 3.05) is 0 Å². The molecule has 28 heavy (non-hydrogen) atoms. The average Bonchev–Trinajstić information content (AvgIpc) is 3.14. The van der Waals surface area contributed by atoms with E-state index in [4.69, 9.17) is 11.6 Å². The summed E-state index contributed by atoms with van der Waals surface area (Å²) < 4.78 is 36.5. The predicted octanol–water partition coefficient (Wildman–Crippen LogP) is 2.96. The van der Waals surface area contributed by atoms with Gasteiger partial charge in [0.15, 0.2) is 0 Å². The van der Waals surface area contributed by atoms with Crippen LogP contribution in [0.2, 0.25) is 5.02 Å². The Morgan fingerprint density at radius 1 is 1.14 bits per heavy atom. The number of carbonyl (C=O) groups is 1. The first-order chi connectivity index (χ1) is 13.3. The molecule has 2 aromatic carbocycles. The van der Waals surface area contributed by atoms with Crippen molar-refractivity contribution < 1.29 is 13.2 Å². The van der Waals surface area contributed by atoms with Crippen LogP contribution in [-0.4, -0.2) is 29.1 Å². The SMILES string of the molecule is CC(C)[C@H](NS(=O)(=O)c1cccc2nsnc12)C(=O)NCc1ccc(Cl)cc1. The fourth-order valence-corrected chi connectivity index (χ4v) is 4.86. The van der Waals surface area contributed by atoms with Crippen molar-refractivity contribution in [3.63, 3.8) is 0 Å². The molecule has 1 heterocycles. The van der Waals surface area contributed by atoms with Crippen LogP contribution in [0.3, 0.4) is 0 Å². The van der Waals surface area contributed by atoms with Crippen LogP contribution < -0.4 is 10.0 Å². The lowest BCUT2D eigenvalue weighted by molar-refractivity contribution is -0.123. The van der Waals surface area contributed by atoms with Crippen molar-refractivity contribution in [1.82, 2.24) is 18.8 Å². The van der Waals surface area contributed by atoms with Crippen LogP contribution in [0.5, 0.6) is 0 Å². The molecule has 0 saturated heterocycles. The number of amides is 1. The lowest BCUT2D eigenvalue weighted by Crippen LogP contribution is -2.49. The van der Waals surface area contributed by atoms with Crippen molar-refractivity contribution in [2.45, 2.75) is 31.3 Å². The third-order valence-electron chi connectivity index (χ3n) is 4.15. The Bertz CT molecular complexity index is 1080. The maximum Gasteiger partial charge on any atom is 0.243 e. The maximum atomic E-state index is 12.9. The fraction of sp³-hybridized carbons (Fsp3) is 0.278. The number of halogens is 1. The first kappa shape index (κ1) is 20.7. The Kier molecular flexibility index (Phi) is 6.29. The summed E-state index contributed by atoms with van der Waals surface area (Å²) in [6.07, 6.45) is 0. The quantitative estimate of drug-likeness (QED) is 0.590. The van der Waals surface area contributed by atoms with E-state index in [1.807, 2.05) is 0 Å². The van der Waals surface area contributed by atoms with Gasteiger partial charge >= 0.3 is 0 Å². The third kappa shape index (κ3) is 4.67. The van der Waals surface area contributed by atoms with Gasteiger partial charge in [0.05, 0.1) is 11.7 Å². The molecule has 0 fully saturated rings. The minimum absolute atomic E-state index is 0.00917. The molecular weight excluding hydrogens is 420 g/mol. The highest BCUT2D eigenvalue weighted by Crippen LogP contribution is 2.22. The largest absolute Gasteiger partial charge is 0.351 e. The van der Waals surface area contributed by atoms with E-state index in [2.05, 4.69) is 18.8 Å². The van der Waals surface area contributed by atoms with Gasteiger partial charge in [-0.2, -0.15) is 13.5 Å². The normalized spacial score (nSPS) is 13.0. The smallest absolute Gasteiger partial charge is 0.243 e. The van der Waals surface area contributed by atoms with Gasteiger partial charge in [0.1, 0.15) is 22.0 Å². The topological polar surface area (TPSA) is 101 Å². The molecule has 0 aliphatic carbocycles. The summed E-state index contributed by atoms with van der Waals surface area (Å²) in [6, 6.07) is 10.9. The highest BCUT2D eigenvalue weighted by Gasteiger charge is 2.29. The summed E-state index contributed by atoms with van der Waals surface area (Å²) in [6.45, 7) is 3.83. The van der Waals surface area contributed by atoms with Crippen LogP contribution >= 0.6 is 23.3 Å². The number of fused-ring (bicyclic) bond motifs is 1. The maximum absolute atomic E-state index is 12.9. The van der Waals surface area contributed by atoms with Crippen LogP contribution in [0.4, 0.5) is 0 Å². The van der Waals surface area contributed by atoms with Crippen molar-refractivity contribution in [3.8, 4) is 0 Å². The molecule has 1 amide bonds. The molecule has 3 rings (SSSR count). The van der Waals surface area contributed by atoms with Gasteiger partial charge in [-0.3, -0.25) is 4.79 Å². The molecule has 0 radical (unpaired) electrons. The predicted molar refractivity (Wildman–Crippen MR) is 110 cm³/mol. The number of hydrogen-bond donors (Lipinski definition) is 2. The molecule has 1 atom stereocenters. The van der Waals surface area contributed by atoms with Crippen molar-refractivity contribution in [2.24, 2.45) is 5.92 Å². The number of hydrogen-bond acceptors (Lipinski definition) is 6. The molecule has 0 aliphatic heterocycles. The Morgan fingerprint density at radius 3 is 2.54 bits per heavy atom. The van der Waals surface area contributed by atoms with E-state index in [0.717, 1.165) is 17.3 Å². The minimum Gasteiger partial charge on any atom is -0.351 e. The van der Waals surface area contributed by atoms with Gasteiger partial charge in [0.2, 0.25) is 15.9 Å².